The molecule has 0 radical (unpaired) electrons. The molecule has 3 aromatic rings. The van der Waals surface area contributed by atoms with Gasteiger partial charge in [0.1, 0.15) is 5.82 Å². The fourth-order valence-electron chi connectivity index (χ4n) is 3.37. The minimum absolute atomic E-state index is 0.499. The number of hydrogen-bond donors (Lipinski definition) is 0. The molecule has 0 aromatic carbocycles. The number of anilines is 1. The molecule has 8 heteroatoms. The van der Waals surface area contributed by atoms with Crippen LogP contribution in [-0.4, -0.2) is 60.9 Å². The van der Waals surface area contributed by atoms with Gasteiger partial charge >= 0.3 is 0 Å². The largest absolute Gasteiger partial charge is 0.352 e. The minimum Gasteiger partial charge on any atom is -0.352 e. The molecular weight excluding hydrogens is 328 g/mol. The molecule has 2 fully saturated rings. The predicted molar refractivity (Wildman–Crippen MR) is 97.0 cm³/mol. The van der Waals surface area contributed by atoms with E-state index in [2.05, 4.69) is 37.0 Å². The standard InChI is InChI=1S/C18H22N8/c1-12-7-20-14(8-19-12)9-24(2)15-10-25(11-15)17-6-5-16-21-22-18(13-3-4-13)26(16)23-17/h5-8,13,15H,3-4,9-11H2,1-2H3. The van der Waals surface area contributed by atoms with Crippen molar-refractivity contribution < 1.29 is 0 Å². The fraction of sp³-hybridized carbons (Fsp3) is 0.500. The highest BCUT2D eigenvalue weighted by Gasteiger charge is 2.33. The van der Waals surface area contributed by atoms with Crippen LogP contribution in [0.2, 0.25) is 0 Å². The van der Waals surface area contributed by atoms with E-state index in [1.807, 2.05) is 36.0 Å². The van der Waals surface area contributed by atoms with Crippen LogP contribution < -0.4 is 4.90 Å². The van der Waals surface area contributed by atoms with Gasteiger partial charge in [0.25, 0.3) is 0 Å². The molecule has 1 aliphatic carbocycles. The molecule has 4 heterocycles. The van der Waals surface area contributed by atoms with Gasteiger partial charge in [-0.25, -0.2) is 0 Å². The summed E-state index contributed by atoms with van der Waals surface area (Å²) in [7, 11) is 2.14. The quantitative estimate of drug-likeness (QED) is 0.689. The zero-order valence-electron chi connectivity index (χ0n) is 15.1. The Morgan fingerprint density at radius 3 is 2.69 bits per heavy atom. The monoisotopic (exact) mass is 350 g/mol. The Bertz CT molecular complexity index is 924. The zero-order chi connectivity index (χ0) is 17.7. The van der Waals surface area contributed by atoms with Crippen molar-refractivity contribution in [3.8, 4) is 0 Å². The summed E-state index contributed by atoms with van der Waals surface area (Å²) in [5, 5.41) is 13.3. The second-order valence-corrected chi connectivity index (χ2v) is 7.42. The maximum atomic E-state index is 4.78. The maximum Gasteiger partial charge on any atom is 0.178 e. The first kappa shape index (κ1) is 15.6. The topological polar surface area (TPSA) is 75.3 Å². The zero-order valence-corrected chi connectivity index (χ0v) is 15.1. The van der Waals surface area contributed by atoms with Crippen molar-refractivity contribution >= 4 is 11.5 Å². The predicted octanol–water partition coefficient (Wildman–Crippen LogP) is 1.42. The van der Waals surface area contributed by atoms with Gasteiger partial charge in [0.2, 0.25) is 0 Å². The van der Waals surface area contributed by atoms with Crippen LogP contribution >= 0.6 is 0 Å². The third-order valence-corrected chi connectivity index (χ3v) is 5.27. The summed E-state index contributed by atoms with van der Waals surface area (Å²) in [6.07, 6.45) is 6.09. The third-order valence-electron chi connectivity index (χ3n) is 5.27. The first-order valence-corrected chi connectivity index (χ1v) is 9.12. The molecule has 0 unspecified atom stereocenters. The molecule has 5 rings (SSSR count). The number of fused-ring (bicyclic) bond motifs is 1. The number of aryl methyl sites for hydroxylation is 1. The van der Waals surface area contributed by atoms with Crippen LogP contribution in [0.1, 0.15) is 36.0 Å². The van der Waals surface area contributed by atoms with Crippen molar-refractivity contribution in [1.82, 2.24) is 34.7 Å². The lowest BCUT2D eigenvalue weighted by atomic mass is 10.1. The highest BCUT2D eigenvalue weighted by atomic mass is 15.4. The van der Waals surface area contributed by atoms with Gasteiger partial charge < -0.3 is 4.90 Å². The molecule has 26 heavy (non-hydrogen) atoms. The normalized spacial score (nSPS) is 17.9. The molecule has 8 nitrogen and oxygen atoms in total. The Morgan fingerprint density at radius 2 is 1.96 bits per heavy atom. The Kier molecular flexibility index (Phi) is 3.59. The van der Waals surface area contributed by atoms with Gasteiger partial charge in [-0.3, -0.25) is 14.9 Å². The summed E-state index contributed by atoms with van der Waals surface area (Å²) in [6, 6.07) is 4.56. The lowest BCUT2D eigenvalue weighted by molar-refractivity contribution is 0.194. The van der Waals surface area contributed by atoms with Crippen molar-refractivity contribution in [2.75, 3.05) is 25.0 Å². The number of likely N-dealkylation sites (N-methyl/N-ethyl adjacent to an activating group) is 1. The molecule has 2 aliphatic rings. The Labute approximate surface area is 151 Å². The number of rotatable bonds is 5. The Balaban J connectivity index is 1.25. The lowest BCUT2D eigenvalue weighted by Gasteiger charge is -2.44. The molecule has 0 amide bonds. The lowest BCUT2D eigenvalue weighted by Crippen LogP contribution is -2.58. The molecule has 1 aliphatic heterocycles. The van der Waals surface area contributed by atoms with Crippen LogP contribution in [-0.2, 0) is 6.54 Å². The second kappa shape index (κ2) is 5.98. The summed E-state index contributed by atoms with van der Waals surface area (Å²) < 4.78 is 1.92. The first-order chi connectivity index (χ1) is 12.7. The maximum absolute atomic E-state index is 4.78. The van der Waals surface area contributed by atoms with Gasteiger partial charge in [-0.15, -0.1) is 15.3 Å². The van der Waals surface area contributed by atoms with E-state index in [-0.39, 0.29) is 0 Å². The van der Waals surface area contributed by atoms with Crippen LogP contribution in [0, 0.1) is 6.92 Å². The highest BCUT2D eigenvalue weighted by molar-refractivity contribution is 5.48. The fourth-order valence-corrected chi connectivity index (χ4v) is 3.37. The van der Waals surface area contributed by atoms with Crippen molar-refractivity contribution in [3.05, 3.63) is 41.7 Å². The summed E-state index contributed by atoms with van der Waals surface area (Å²) in [5.41, 5.74) is 2.80. The summed E-state index contributed by atoms with van der Waals surface area (Å²) in [5.74, 6) is 2.55. The van der Waals surface area contributed by atoms with Crippen molar-refractivity contribution in [1.29, 1.82) is 0 Å². The van der Waals surface area contributed by atoms with Gasteiger partial charge in [-0.05, 0) is 38.9 Å². The van der Waals surface area contributed by atoms with E-state index in [1.165, 1.54) is 12.8 Å². The van der Waals surface area contributed by atoms with Crippen molar-refractivity contribution in [2.24, 2.45) is 0 Å². The van der Waals surface area contributed by atoms with E-state index in [1.54, 1.807) is 0 Å². The van der Waals surface area contributed by atoms with Gasteiger partial charge in [0.05, 0.1) is 11.4 Å². The van der Waals surface area contributed by atoms with Crippen molar-refractivity contribution in [2.45, 2.75) is 38.3 Å². The molecular formula is C18H22N8. The molecule has 0 bridgehead atoms. The van der Waals surface area contributed by atoms with E-state index < -0.39 is 0 Å². The van der Waals surface area contributed by atoms with Crippen LogP contribution in [0.25, 0.3) is 5.65 Å². The molecule has 1 saturated heterocycles. The molecule has 3 aromatic heterocycles. The number of aromatic nitrogens is 6. The molecule has 1 saturated carbocycles. The minimum atomic E-state index is 0.499. The van der Waals surface area contributed by atoms with E-state index in [4.69, 9.17) is 5.10 Å². The number of hydrogen-bond acceptors (Lipinski definition) is 7. The highest BCUT2D eigenvalue weighted by Crippen LogP contribution is 2.38. The molecule has 0 spiro atoms. The van der Waals surface area contributed by atoms with E-state index >= 15 is 0 Å². The first-order valence-electron chi connectivity index (χ1n) is 9.12. The third kappa shape index (κ3) is 2.80. The second-order valence-electron chi connectivity index (χ2n) is 7.42. The van der Waals surface area contributed by atoms with Gasteiger partial charge in [0, 0.05) is 44.0 Å². The Morgan fingerprint density at radius 1 is 1.12 bits per heavy atom. The molecule has 134 valence electrons. The smallest absolute Gasteiger partial charge is 0.178 e. The van der Waals surface area contributed by atoms with Gasteiger partial charge in [-0.2, -0.15) is 4.52 Å². The number of nitrogens with zero attached hydrogens (tertiary/aromatic N) is 8. The summed E-state index contributed by atoms with van der Waals surface area (Å²) in [4.78, 5) is 13.4. The van der Waals surface area contributed by atoms with Crippen LogP contribution in [0.3, 0.4) is 0 Å². The average Bonchev–Trinajstić information content (AvgIpc) is 3.35. The SMILES string of the molecule is Cc1cnc(CN(C)C2CN(c3ccc4nnc(C5CC5)n4n3)C2)cn1. The van der Waals surface area contributed by atoms with Crippen molar-refractivity contribution in [3.63, 3.8) is 0 Å². The van der Waals surface area contributed by atoms with E-state index in [0.717, 1.165) is 48.3 Å². The van der Waals surface area contributed by atoms with Gasteiger partial charge in [-0.1, -0.05) is 0 Å². The van der Waals surface area contributed by atoms with E-state index in [9.17, 15) is 0 Å². The van der Waals surface area contributed by atoms with E-state index in [0.29, 0.717) is 12.0 Å². The van der Waals surface area contributed by atoms with Crippen LogP contribution in [0.4, 0.5) is 5.82 Å². The summed E-state index contributed by atoms with van der Waals surface area (Å²) >= 11 is 0. The molecule has 0 atom stereocenters. The van der Waals surface area contributed by atoms with Crippen LogP contribution in [0.15, 0.2) is 24.5 Å². The van der Waals surface area contributed by atoms with Gasteiger partial charge in [0.15, 0.2) is 11.5 Å². The average molecular weight is 350 g/mol. The van der Waals surface area contributed by atoms with Crippen LogP contribution in [0.5, 0.6) is 0 Å². The molecule has 0 N–H and O–H groups in total. The Hall–Kier alpha value is -2.61. The summed E-state index contributed by atoms with van der Waals surface area (Å²) in [6.45, 7) is 4.71.